The number of anilines is 2. The highest BCUT2D eigenvalue weighted by atomic mass is 79.9. The SMILES string of the molecule is Nc1ccccc1NC(=O)c1ccc(Br)nc1. The Morgan fingerprint density at radius 3 is 2.65 bits per heavy atom. The third-order valence-electron chi connectivity index (χ3n) is 2.20. The highest BCUT2D eigenvalue weighted by molar-refractivity contribution is 9.10. The second-order valence-electron chi connectivity index (χ2n) is 3.41. The number of para-hydroxylation sites is 2. The Labute approximate surface area is 107 Å². The van der Waals surface area contributed by atoms with Crippen LogP contribution < -0.4 is 11.1 Å². The number of benzene rings is 1. The fourth-order valence-corrected chi connectivity index (χ4v) is 1.55. The van der Waals surface area contributed by atoms with E-state index in [2.05, 4.69) is 26.2 Å². The number of nitrogen functional groups attached to an aromatic ring is 1. The molecule has 0 fully saturated rings. The van der Waals surface area contributed by atoms with Gasteiger partial charge in [0.25, 0.3) is 5.91 Å². The Bertz CT molecular complexity index is 540. The van der Waals surface area contributed by atoms with Crippen molar-refractivity contribution in [2.75, 3.05) is 11.1 Å². The second kappa shape index (κ2) is 4.97. The summed E-state index contributed by atoms with van der Waals surface area (Å²) in [6, 6.07) is 10.5. The number of hydrogen-bond acceptors (Lipinski definition) is 3. The molecule has 1 aromatic carbocycles. The van der Waals surface area contributed by atoms with E-state index in [-0.39, 0.29) is 5.91 Å². The fraction of sp³-hybridized carbons (Fsp3) is 0. The summed E-state index contributed by atoms with van der Waals surface area (Å²) in [7, 11) is 0. The quantitative estimate of drug-likeness (QED) is 0.660. The van der Waals surface area contributed by atoms with E-state index in [1.807, 2.05) is 12.1 Å². The highest BCUT2D eigenvalue weighted by Crippen LogP contribution is 2.17. The van der Waals surface area contributed by atoms with Gasteiger partial charge in [0.05, 0.1) is 16.9 Å². The van der Waals surface area contributed by atoms with Gasteiger partial charge in [-0.25, -0.2) is 4.98 Å². The molecule has 17 heavy (non-hydrogen) atoms. The van der Waals surface area contributed by atoms with Crippen LogP contribution in [0, 0.1) is 0 Å². The molecular weight excluding hydrogens is 282 g/mol. The molecule has 0 bridgehead atoms. The van der Waals surface area contributed by atoms with Crippen LogP contribution in [-0.4, -0.2) is 10.9 Å². The molecule has 3 N–H and O–H groups in total. The molecule has 5 heteroatoms. The average Bonchev–Trinajstić information content (AvgIpc) is 2.33. The smallest absolute Gasteiger partial charge is 0.257 e. The maximum atomic E-state index is 11.9. The van der Waals surface area contributed by atoms with Gasteiger partial charge in [-0.15, -0.1) is 0 Å². The summed E-state index contributed by atoms with van der Waals surface area (Å²) in [5, 5.41) is 2.73. The van der Waals surface area contributed by atoms with Gasteiger partial charge in [-0.05, 0) is 40.2 Å². The first-order chi connectivity index (χ1) is 8.16. The third-order valence-corrected chi connectivity index (χ3v) is 2.67. The van der Waals surface area contributed by atoms with E-state index >= 15 is 0 Å². The number of pyridine rings is 1. The van der Waals surface area contributed by atoms with Gasteiger partial charge in [0.1, 0.15) is 4.60 Å². The molecule has 0 atom stereocenters. The number of nitrogens with zero attached hydrogens (tertiary/aromatic N) is 1. The fourth-order valence-electron chi connectivity index (χ4n) is 1.32. The van der Waals surface area contributed by atoms with Crippen molar-refractivity contribution in [2.45, 2.75) is 0 Å². The molecule has 0 spiro atoms. The summed E-state index contributed by atoms with van der Waals surface area (Å²) in [5.74, 6) is -0.233. The Morgan fingerprint density at radius 2 is 2.00 bits per heavy atom. The Balaban J connectivity index is 2.17. The zero-order valence-corrected chi connectivity index (χ0v) is 10.4. The van der Waals surface area contributed by atoms with E-state index in [1.165, 1.54) is 6.20 Å². The average molecular weight is 292 g/mol. The van der Waals surface area contributed by atoms with Gasteiger partial charge in [0.15, 0.2) is 0 Å². The molecule has 86 valence electrons. The van der Waals surface area contributed by atoms with Crippen LogP contribution in [-0.2, 0) is 0 Å². The van der Waals surface area contributed by atoms with Gasteiger partial charge in [0.2, 0.25) is 0 Å². The van der Waals surface area contributed by atoms with Crippen LogP contribution in [0.4, 0.5) is 11.4 Å². The van der Waals surface area contributed by atoms with E-state index in [9.17, 15) is 4.79 Å². The first-order valence-corrected chi connectivity index (χ1v) is 5.73. The second-order valence-corrected chi connectivity index (χ2v) is 4.22. The maximum Gasteiger partial charge on any atom is 0.257 e. The largest absolute Gasteiger partial charge is 0.397 e. The van der Waals surface area contributed by atoms with Gasteiger partial charge >= 0.3 is 0 Å². The summed E-state index contributed by atoms with van der Waals surface area (Å²) in [5.41, 5.74) is 7.35. The maximum absolute atomic E-state index is 11.9. The van der Waals surface area contributed by atoms with Crippen molar-refractivity contribution in [1.82, 2.24) is 4.98 Å². The lowest BCUT2D eigenvalue weighted by Crippen LogP contribution is -2.13. The summed E-state index contributed by atoms with van der Waals surface area (Å²) in [6.07, 6.45) is 1.50. The lowest BCUT2D eigenvalue weighted by atomic mass is 10.2. The number of nitrogens with one attached hydrogen (secondary N) is 1. The van der Waals surface area contributed by atoms with Crippen LogP contribution in [0.3, 0.4) is 0 Å². The number of rotatable bonds is 2. The number of carbonyl (C=O) groups is 1. The van der Waals surface area contributed by atoms with Gasteiger partial charge < -0.3 is 11.1 Å². The van der Waals surface area contributed by atoms with Crippen LogP contribution >= 0.6 is 15.9 Å². The van der Waals surface area contributed by atoms with Crippen LogP contribution in [0.25, 0.3) is 0 Å². The van der Waals surface area contributed by atoms with Crippen molar-refractivity contribution in [3.63, 3.8) is 0 Å². The Morgan fingerprint density at radius 1 is 1.24 bits per heavy atom. The predicted octanol–water partition coefficient (Wildman–Crippen LogP) is 2.68. The van der Waals surface area contributed by atoms with Gasteiger partial charge in [0, 0.05) is 6.20 Å². The predicted molar refractivity (Wildman–Crippen MR) is 70.7 cm³/mol. The normalized spacial score (nSPS) is 9.94. The zero-order chi connectivity index (χ0) is 12.3. The highest BCUT2D eigenvalue weighted by Gasteiger charge is 2.07. The molecule has 0 saturated carbocycles. The first-order valence-electron chi connectivity index (χ1n) is 4.94. The molecule has 0 aliphatic rings. The standard InChI is InChI=1S/C12H10BrN3O/c13-11-6-5-8(7-15-11)12(17)16-10-4-2-1-3-9(10)14/h1-7H,14H2,(H,16,17). The van der Waals surface area contributed by atoms with Gasteiger partial charge in [-0.2, -0.15) is 0 Å². The zero-order valence-electron chi connectivity index (χ0n) is 8.85. The monoisotopic (exact) mass is 291 g/mol. The van der Waals surface area contributed by atoms with E-state index in [0.717, 1.165) is 0 Å². The number of halogens is 1. The molecular formula is C12H10BrN3O. The molecule has 1 heterocycles. The number of amides is 1. The number of nitrogens with two attached hydrogens (primary N) is 1. The number of aromatic nitrogens is 1. The van der Waals surface area contributed by atoms with Crippen LogP contribution in [0.2, 0.25) is 0 Å². The molecule has 2 aromatic rings. The molecule has 0 radical (unpaired) electrons. The van der Waals surface area contributed by atoms with E-state index in [0.29, 0.717) is 21.5 Å². The molecule has 0 aliphatic carbocycles. The number of hydrogen-bond donors (Lipinski definition) is 2. The van der Waals surface area contributed by atoms with E-state index < -0.39 is 0 Å². The van der Waals surface area contributed by atoms with Gasteiger partial charge in [-0.1, -0.05) is 12.1 Å². The van der Waals surface area contributed by atoms with Crippen molar-refractivity contribution in [3.05, 3.63) is 52.8 Å². The van der Waals surface area contributed by atoms with Crippen molar-refractivity contribution in [1.29, 1.82) is 0 Å². The third kappa shape index (κ3) is 2.82. The first kappa shape index (κ1) is 11.6. The summed E-state index contributed by atoms with van der Waals surface area (Å²) >= 11 is 3.21. The summed E-state index contributed by atoms with van der Waals surface area (Å²) in [4.78, 5) is 15.8. The minimum atomic E-state index is -0.233. The summed E-state index contributed by atoms with van der Waals surface area (Å²) in [6.45, 7) is 0. The molecule has 0 saturated heterocycles. The molecule has 1 aromatic heterocycles. The van der Waals surface area contributed by atoms with Crippen LogP contribution in [0.5, 0.6) is 0 Å². The van der Waals surface area contributed by atoms with E-state index in [1.54, 1.807) is 24.3 Å². The minimum absolute atomic E-state index is 0.233. The Kier molecular flexibility index (Phi) is 3.39. The van der Waals surface area contributed by atoms with E-state index in [4.69, 9.17) is 5.73 Å². The van der Waals surface area contributed by atoms with Crippen molar-refractivity contribution in [3.8, 4) is 0 Å². The van der Waals surface area contributed by atoms with Crippen molar-refractivity contribution in [2.24, 2.45) is 0 Å². The molecule has 0 unspecified atom stereocenters. The molecule has 4 nitrogen and oxygen atoms in total. The Hall–Kier alpha value is -1.88. The van der Waals surface area contributed by atoms with Crippen LogP contribution in [0.1, 0.15) is 10.4 Å². The lowest BCUT2D eigenvalue weighted by molar-refractivity contribution is 0.102. The summed E-state index contributed by atoms with van der Waals surface area (Å²) < 4.78 is 0.688. The van der Waals surface area contributed by atoms with Crippen LogP contribution in [0.15, 0.2) is 47.2 Å². The minimum Gasteiger partial charge on any atom is -0.397 e. The number of carbonyl (C=O) groups excluding carboxylic acids is 1. The lowest BCUT2D eigenvalue weighted by Gasteiger charge is -2.07. The van der Waals surface area contributed by atoms with Gasteiger partial charge in [-0.3, -0.25) is 4.79 Å². The van der Waals surface area contributed by atoms with Crippen molar-refractivity contribution < 1.29 is 4.79 Å². The van der Waals surface area contributed by atoms with Crippen molar-refractivity contribution >= 4 is 33.2 Å². The topological polar surface area (TPSA) is 68.0 Å². The molecule has 2 rings (SSSR count). The molecule has 0 aliphatic heterocycles. The molecule has 1 amide bonds.